The zero-order valence-electron chi connectivity index (χ0n) is 13.5. The fraction of sp³-hybridized carbons (Fsp3) is 0.125. The van der Waals surface area contributed by atoms with Gasteiger partial charge < -0.3 is 9.88 Å². The van der Waals surface area contributed by atoms with Gasteiger partial charge in [-0.15, -0.1) is 0 Å². The van der Waals surface area contributed by atoms with Gasteiger partial charge in [0.25, 0.3) is 5.91 Å². The van der Waals surface area contributed by atoms with Crippen molar-refractivity contribution < 1.29 is 13.2 Å². The van der Waals surface area contributed by atoms with E-state index < -0.39 is 10.0 Å². The Morgan fingerprint density at radius 1 is 1.20 bits per heavy atom. The summed E-state index contributed by atoms with van der Waals surface area (Å²) in [5, 5.41) is 11.9. The first kappa shape index (κ1) is 16.9. The van der Waals surface area contributed by atoms with Crippen molar-refractivity contribution in [1.29, 1.82) is 0 Å². The molecular formula is C16H17N5O3S. The summed E-state index contributed by atoms with van der Waals surface area (Å²) < 4.78 is 25.6. The third-order valence-electron chi connectivity index (χ3n) is 3.58. The minimum Gasteiger partial charge on any atom is -0.322 e. The SMILES string of the molecule is Cn1ncc(C(=O)Nc2ccc(CS(N)(=O)=O)cc2)c1-n1cccc1. The van der Waals surface area contributed by atoms with Gasteiger partial charge in [0.1, 0.15) is 11.4 Å². The largest absolute Gasteiger partial charge is 0.322 e. The molecule has 1 amide bonds. The van der Waals surface area contributed by atoms with Crippen LogP contribution in [-0.2, 0) is 22.8 Å². The Labute approximate surface area is 144 Å². The Morgan fingerprint density at radius 3 is 2.44 bits per heavy atom. The van der Waals surface area contributed by atoms with Crippen LogP contribution in [0.4, 0.5) is 5.69 Å². The molecule has 3 rings (SSSR count). The van der Waals surface area contributed by atoms with E-state index in [1.165, 1.54) is 6.20 Å². The zero-order valence-corrected chi connectivity index (χ0v) is 14.3. The van der Waals surface area contributed by atoms with Crippen molar-refractivity contribution in [2.45, 2.75) is 5.75 Å². The Balaban J connectivity index is 1.80. The van der Waals surface area contributed by atoms with Gasteiger partial charge in [-0.3, -0.25) is 9.48 Å². The molecule has 9 heteroatoms. The molecule has 3 aromatic rings. The predicted octanol–water partition coefficient (Wildman–Crippen LogP) is 1.25. The van der Waals surface area contributed by atoms with Crippen LogP contribution in [0.25, 0.3) is 5.82 Å². The summed E-state index contributed by atoms with van der Waals surface area (Å²) in [6.07, 6.45) is 5.16. The van der Waals surface area contributed by atoms with E-state index in [0.29, 0.717) is 22.6 Å². The van der Waals surface area contributed by atoms with E-state index in [2.05, 4.69) is 10.4 Å². The lowest BCUT2D eigenvalue weighted by Crippen LogP contribution is -2.16. The number of rotatable bonds is 5. The van der Waals surface area contributed by atoms with Crippen LogP contribution >= 0.6 is 0 Å². The maximum absolute atomic E-state index is 12.6. The number of nitrogens with one attached hydrogen (secondary N) is 1. The van der Waals surface area contributed by atoms with Crippen LogP contribution < -0.4 is 10.5 Å². The number of aromatic nitrogens is 3. The number of nitrogens with two attached hydrogens (primary N) is 1. The van der Waals surface area contributed by atoms with E-state index in [-0.39, 0.29) is 11.7 Å². The topological polar surface area (TPSA) is 112 Å². The quantitative estimate of drug-likeness (QED) is 0.714. The van der Waals surface area contributed by atoms with Gasteiger partial charge in [-0.05, 0) is 29.8 Å². The standard InChI is InChI=1S/C16H17N5O3S/c1-20-16(21-8-2-3-9-21)14(10-18-20)15(22)19-13-6-4-12(5-7-13)11-25(17,23)24/h2-10H,11H2,1H3,(H,19,22)(H2,17,23,24). The molecule has 0 saturated carbocycles. The third kappa shape index (κ3) is 3.95. The molecule has 0 unspecified atom stereocenters. The molecule has 0 aliphatic heterocycles. The van der Waals surface area contributed by atoms with E-state index in [4.69, 9.17) is 5.14 Å². The van der Waals surface area contributed by atoms with Crippen LogP contribution in [0.2, 0.25) is 0 Å². The average Bonchev–Trinajstić information content (AvgIpc) is 3.16. The third-order valence-corrected chi connectivity index (χ3v) is 4.32. The lowest BCUT2D eigenvalue weighted by atomic mass is 10.2. The second kappa shape index (κ2) is 6.54. The maximum atomic E-state index is 12.6. The molecule has 0 aliphatic rings. The number of carbonyl (C=O) groups is 1. The van der Waals surface area contributed by atoms with Crippen LogP contribution in [0.1, 0.15) is 15.9 Å². The number of carbonyl (C=O) groups excluding carboxylic acids is 1. The van der Waals surface area contributed by atoms with Gasteiger partial charge in [0.05, 0.1) is 11.9 Å². The monoisotopic (exact) mass is 359 g/mol. The molecule has 2 aromatic heterocycles. The van der Waals surface area contributed by atoms with Gasteiger partial charge in [-0.1, -0.05) is 12.1 Å². The minimum absolute atomic E-state index is 0.248. The Morgan fingerprint density at radius 2 is 1.84 bits per heavy atom. The lowest BCUT2D eigenvalue weighted by Gasteiger charge is -2.09. The summed E-state index contributed by atoms with van der Waals surface area (Å²) in [7, 11) is -1.83. The van der Waals surface area contributed by atoms with Gasteiger partial charge >= 0.3 is 0 Å². The maximum Gasteiger partial charge on any atom is 0.261 e. The number of sulfonamides is 1. The molecule has 0 radical (unpaired) electrons. The summed E-state index contributed by atoms with van der Waals surface area (Å²) in [6.45, 7) is 0. The Bertz CT molecular complexity index is 989. The van der Waals surface area contributed by atoms with Gasteiger partial charge in [-0.25, -0.2) is 13.6 Å². The second-order valence-corrected chi connectivity index (χ2v) is 7.17. The van der Waals surface area contributed by atoms with Gasteiger partial charge in [0.2, 0.25) is 10.0 Å². The van der Waals surface area contributed by atoms with Crippen LogP contribution in [0, 0.1) is 0 Å². The molecule has 8 nitrogen and oxygen atoms in total. The first-order valence-electron chi connectivity index (χ1n) is 7.39. The Hall–Kier alpha value is -2.91. The fourth-order valence-corrected chi connectivity index (χ4v) is 3.15. The zero-order chi connectivity index (χ0) is 18.0. The first-order chi connectivity index (χ1) is 11.8. The Kier molecular flexibility index (Phi) is 4.43. The van der Waals surface area contributed by atoms with Crippen molar-refractivity contribution in [2.24, 2.45) is 12.2 Å². The van der Waals surface area contributed by atoms with E-state index in [1.807, 2.05) is 24.5 Å². The van der Waals surface area contributed by atoms with Crippen molar-refractivity contribution in [3.8, 4) is 5.82 Å². The molecule has 1 aromatic carbocycles. The highest BCUT2D eigenvalue weighted by Crippen LogP contribution is 2.17. The van der Waals surface area contributed by atoms with Crippen molar-refractivity contribution in [1.82, 2.24) is 14.3 Å². The van der Waals surface area contributed by atoms with Crippen molar-refractivity contribution in [3.05, 3.63) is 66.1 Å². The van der Waals surface area contributed by atoms with E-state index >= 15 is 0 Å². The number of aryl methyl sites for hydroxylation is 1. The number of amides is 1. The fourth-order valence-electron chi connectivity index (χ4n) is 2.49. The van der Waals surface area contributed by atoms with Crippen molar-refractivity contribution >= 4 is 21.6 Å². The second-order valence-electron chi connectivity index (χ2n) is 5.55. The summed E-state index contributed by atoms with van der Waals surface area (Å²) >= 11 is 0. The smallest absolute Gasteiger partial charge is 0.261 e. The highest BCUT2D eigenvalue weighted by atomic mass is 32.2. The molecule has 2 heterocycles. The number of benzene rings is 1. The van der Waals surface area contributed by atoms with Crippen LogP contribution in [0.15, 0.2) is 55.0 Å². The summed E-state index contributed by atoms with van der Waals surface area (Å²) in [5.74, 6) is 0.0889. The van der Waals surface area contributed by atoms with Crippen LogP contribution in [0.5, 0.6) is 0 Å². The molecule has 0 fully saturated rings. The van der Waals surface area contributed by atoms with Gasteiger partial charge in [-0.2, -0.15) is 5.10 Å². The molecule has 0 bridgehead atoms. The van der Waals surface area contributed by atoms with Crippen molar-refractivity contribution in [2.75, 3.05) is 5.32 Å². The molecule has 0 spiro atoms. The molecule has 0 atom stereocenters. The lowest BCUT2D eigenvalue weighted by molar-refractivity contribution is 0.102. The summed E-state index contributed by atoms with van der Waals surface area (Å²) in [4.78, 5) is 12.6. The van der Waals surface area contributed by atoms with Gasteiger partial charge in [0, 0.05) is 25.1 Å². The van der Waals surface area contributed by atoms with E-state index in [0.717, 1.165) is 0 Å². The average molecular weight is 359 g/mol. The van der Waals surface area contributed by atoms with Crippen molar-refractivity contribution in [3.63, 3.8) is 0 Å². The van der Waals surface area contributed by atoms with Crippen LogP contribution in [0.3, 0.4) is 0 Å². The first-order valence-corrected chi connectivity index (χ1v) is 9.11. The minimum atomic E-state index is -3.59. The molecule has 0 aliphatic carbocycles. The molecular weight excluding hydrogens is 342 g/mol. The van der Waals surface area contributed by atoms with E-state index in [9.17, 15) is 13.2 Å². The van der Waals surface area contributed by atoms with Crippen LogP contribution in [-0.4, -0.2) is 28.7 Å². The summed E-state index contributed by atoms with van der Waals surface area (Å²) in [5.41, 5.74) is 1.52. The normalized spacial score (nSPS) is 11.4. The molecule has 3 N–H and O–H groups in total. The number of anilines is 1. The highest BCUT2D eigenvalue weighted by Gasteiger charge is 2.17. The number of hydrogen-bond acceptors (Lipinski definition) is 4. The highest BCUT2D eigenvalue weighted by molar-refractivity contribution is 7.88. The number of nitrogens with zero attached hydrogens (tertiary/aromatic N) is 3. The molecule has 0 saturated heterocycles. The van der Waals surface area contributed by atoms with E-state index in [1.54, 1.807) is 40.6 Å². The van der Waals surface area contributed by atoms with Gasteiger partial charge in [0.15, 0.2) is 0 Å². The predicted molar refractivity (Wildman–Crippen MR) is 93.7 cm³/mol. The summed E-state index contributed by atoms with van der Waals surface area (Å²) in [6, 6.07) is 10.2. The molecule has 25 heavy (non-hydrogen) atoms. The number of primary sulfonamides is 1. The number of hydrogen-bond donors (Lipinski definition) is 2. The molecule has 130 valence electrons.